The molecule has 5 nitrogen and oxygen atoms in total. The van der Waals surface area contributed by atoms with Gasteiger partial charge < -0.3 is 15.4 Å². The average molecular weight is 348 g/mol. The molecule has 0 aliphatic heterocycles. The minimum Gasteiger partial charge on any atom is -0.497 e. The van der Waals surface area contributed by atoms with Crippen LogP contribution in [0.25, 0.3) is 0 Å². The van der Waals surface area contributed by atoms with Gasteiger partial charge in [-0.15, -0.1) is 0 Å². The first kappa shape index (κ1) is 17.7. The van der Waals surface area contributed by atoms with E-state index in [1.165, 1.54) is 16.7 Å². The van der Waals surface area contributed by atoms with Gasteiger partial charge in [-0.1, -0.05) is 42.0 Å². The molecule has 3 aromatic rings. The zero-order valence-corrected chi connectivity index (χ0v) is 15.2. The van der Waals surface area contributed by atoms with Gasteiger partial charge in [-0.2, -0.15) is 4.98 Å². The Hall–Kier alpha value is -3.08. The van der Waals surface area contributed by atoms with Gasteiger partial charge in [-0.05, 0) is 42.7 Å². The second kappa shape index (κ2) is 8.85. The number of benzene rings is 2. The van der Waals surface area contributed by atoms with Gasteiger partial charge in [0.05, 0.1) is 7.11 Å². The number of ether oxygens (including phenoxy) is 1. The number of anilines is 2. The van der Waals surface area contributed by atoms with E-state index in [9.17, 15) is 0 Å². The number of nitrogens with zero attached hydrogens (tertiary/aromatic N) is 2. The second-order valence-electron chi connectivity index (χ2n) is 6.13. The fourth-order valence-corrected chi connectivity index (χ4v) is 2.59. The van der Waals surface area contributed by atoms with Gasteiger partial charge in [0.1, 0.15) is 11.6 Å². The molecule has 134 valence electrons. The van der Waals surface area contributed by atoms with Crippen LogP contribution in [0.15, 0.2) is 60.8 Å². The molecule has 0 bridgehead atoms. The van der Waals surface area contributed by atoms with Crippen molar-refractivity contribution in [2.24, 2.45) is 0 Å². The van der Waals surface area contributed by atoms with Crippen LogP contribution in [0.4, 0.5) is 11.8 Å². The fraction of sp³-hybridized carbons (Fsp3) is 0.238. The summed E-state index contributed by atoms with van der Waals surface area (Å²) in [5.74, 6) is 2.32. The SMILES string of the molecule is COc1cccc(CCNc2ccnc(NCc3ccc(C)cc3)n2)c1. The maximum atomic E-state index is 5.26. The molecule has 5 heteroatoms. The van der Waals surface area contributed by atoms with Gasteiger partial charge in [0.2, 0.25) is 5.95 Å². The molecular formula is C21H24N4O. The van der Waals surface area contributed by atoms with Gasteiger partial charge in [-0.3, -0.25) is 0 Å². The first-order chi connectivity index (χ1) is 12.7. The third kappa shape index (κ3) is 5.21. The van der Waals surface area contributed by atoms with Gasteiger partial charge in [-0.25, -0.2) is 4.98 Å². The Bertz CT molecular complexity index is 833. The van der Waals surface area contributed by atoms with Crippen LogP contribution >= 0.6 is 0 Å². The Morgan fingerprint density at radius 1 is 0.962 bits per heavy atom. The molecule has 0 atom stereocenters. The minimum atomic E-state index is 0.622. The number of hydrogen-bond donors (Lipinski definition) is 2. The van der Waals surface area contributed by atoms with Gasteiger partial charge >= 0.3 is 0 Å². The summed E-state index contributed by atoms with van der Waals surface area (Å²) in [4.78, 5) is 8.79. The van der Waals surface area contributed by atoms with Crippen molar-refractivity contribution in [1.29, 1.82) is 0 Å². The van der Waals surface area contributed by atoms with Crippen molar-refractivity contribution in [3.05, 3.63) is 77.5 Å². The van der Waals surface area contributed by atoms with Crippen LogP contribution in [0.3, 0.4) is 0 Å². The molecule has 0 amide bonds. The molecule has 2 N–H and O–H groups in total. The lowest BCUT2D eigenvalue weighted by Crippen LogP contribution is -2.09. The predicted molar refractivity (Wildman–Crippen MR) is 106 cm³/mol. The number of aromatic nitrogens is 2. The van der Waals surface area contributed by atoms with E-state index in [2.05, 4.69) is 63.9 Å². The van der Waals surface area contributed by atoms with Crippen LogP contribution in [0.5, 0.6) is 5.75 Å². The zero-order valence-electron chi connectivity index (χ0n) is 15.2. The third-order valence-corrected chi connectivity index (χ3v) is 4.08. The van der Waals surface area contributed by atoms with Crippen molar-refractivity contribution in [3.63, 3.8) is 0 Å². The van der Waals surface area contributed by atoms with E-state index in [1.54, 1.807) is 13.3 Å². The van der Waals surface area contributed by atoms with Crippen LogP contribution in [0.1, 0.15) is 16.7 Å². The molecule has 1 heterocycles. The molecule has 0 spiro atoms. The van der Waals surface area contributed by atoms with E-state index in [0.29, 0.717) is 12.5 Å². The van der Waals surface area contributed by atoms with E-state index in [0.717, 1.165) is 24.5 Å². The molecule has 0 fully saturated rings. The highest BCUT2D eigenvalue weighted by atomic mass is 16.5. The molecule has 3 rings (SSSR count). The molecule has 26 heavy (non-hydrogen) atoms. The Morgan fingerprint density at radius 2 is 1.81 bits per heavy atom. The summed E-state index contributed by atoms with van der Waals surface area (Å²) >= 11 is 0. The lowest BCUT2D eigenvalue weighted by Gasteiger charge is -2.09. The standard InChI is InChI=1S/C21H24N4O/c1-16-6-8-18(9-7-16)15-24-21-23-13-11-20(25-21)22-12-10-17-4-3-5-19(14-17)26-2/h3-9,11,13-14H,10,12,15H2,1-2H3,(H2,22,23,24,25). The summed E-state index contributed by atoms with van der Waals surface area (Å²) in [6.45, 7) is 3.58. The lowest BCUT2D eigenvalue weighted by molar-refractivity contribution is 0.414. The van der Waals surface area contributed by atoms with Crippen molar-refractivity contribution in [3.8, 4) is 5.75 Å². The largest absolute Gasteiger partial charge is 0.497 e. The van der Waals surface area contributed by atoms with E-state index in [1.807, 2.05) is 18.2 Å². The minimum absolute atomic E-state index is 0.622. The predicted octanol–water partition coefficient (Wildman–Crippen LogP) is 4.06. The van der Waals surface area contributed by atoms with Crippen molar-refractivity contribution >= 4 is 11.8 Å². The Morgan fingerprint density at radius 3 is 2.62 bits per heavy atom. The van der Waals surface area contributed by atoms with Crippen molar-refractivity contribution in [2.45, 2.75) is 19.9 Å². The molecule has 1 aromatic heterocycles. The molecule has 2 aromatic carbocycles. The maximum Gasteiger partial charge on any atom is 0.224 e. The van der Waals surface area contributed by atoms with E-state index in [4.69, 9.17) is 4.74 Å². The quantitative estimate of drug-likeness (QED) is 0.643. The lowest BCUT2D eigenvalue weighted by atomic mass is 10.1. The number of rotatable bonds is 8. The normalized spacial score (nSPS) is 10.4. The topological polar surface area (TPSA) is 59.1 Å². The van der Waals surface area contributed by atoms with Crippen molar-refractivity contribution in [1.82, 2.24) is 9.97 Å². The number of methoxy groups -OCH3 is 1. The van der Waals surface area contributed by atoms with Crippen molar-refractivity contribution < 1.29 is 4.74 Å². The molecule has 0 aliphatic rings. The summed E-state index contributed by atoms with van der Waals surface area (Å²) in [7, 11) is 1.68. The van der Waals surface area contributed by atoms with E-state index >= 15 is 0 Å². The number of nitrogens with one attached hydrogen (secondary N) is 2. The summed E-state index contributed by atoms with van der Waals surface area (Å²) in [6.07, 6.45) is 2.66. The Labute approximate surface area is 154 Å². The first-order valence-electron chi connectivity index (χ1n) is 8.72. The first-order valence-corrected chi connectivity index (χ1v) is 8.72. The number of aryl methyl sites for hydroxylation is 1. The van der Waals surface area contributed by atoms with Crippen molar-refractivity contribution in [2.75, 3.05) is 24.3 Å². The summed E-state index contributed by atoms with van der Waals surface area (Å²) in [5, 5.41) is 6.61. The monoisotopic (exact) mass is 348 g/mol. The van der Waals surface area contributed by atoms with E-state index < -0.39 is 0 Å². The summed E-state index contributed by atoms with van der Waals surface area (Å²) in [6, 6.07) is 18.4. The van der Waals surface area contributed by atoms with E-state index in [-0.39, 0.29) is 0 Å². The smallest absolute Gasteiger partial charge is 0.224 e. The van der Waals surface area contributed by atoms with Gasteiger partial charge in [0, 0.05) is 19.3 Å². The third-order valence-electron chi connectivity index (χ3n) is 4.08. The maximum absolute atomic E-state index is 5.26. The van der Waals surface area contributed by atoms with Gasteiger partial charge in [0.25, 0.3) is 0 Å². The average Bonchev–Trinajstić information content (AvgIpc) is 2.68. The Balaban J connectivity index is 1.51. The zero-order chi connectivity index (χ0) is 18.2. The van der Waals surface area contributed by atoms with Gasteiger partial charge in [0.15, 0.2) is 0 Å². The summed E-state index contributed by atoms with van der Waals surface area (Å²) < 4.78 is 5.26. The second-order valence-corrected chi connectivity index (χ2v) is 6.13. The molecule has 0 saturated heterocycles. The van der Waals surface area contributed by atoms with Crippen LogP contribution in [0, 0.1) is 6.92 Å². The molecule has 0 radical (unpaired) electrons. The highest BCUT2D eigenvalue weighted by Crippen LogP contribution is 2.13. The number of hydrogen-bond acceptors (Lipinski definition) is 5. The van der Waals surface area contributed by atoms with Crippen LogP contribution in [-0.4, -0.2) is 23.6 Å². The summed E-state index contributed by atoms with van der Waals surface area (Å²) in [5.41, 5.74) is 3.69. The highest BCUT2D eigenvalue weighted by molar-refractivity contribution is 5.40. The molecule has 0 unspecified atom stereocenters. The highest BCUT2D eigenvalue weighted by Gasteiger charge is 2.01. The van der Waals surface area contributed by atoms with Crippen LogP contribution in [0.2, 0.25) is 0 Å². The van der Waals surface area contributed by atoms with Crippen LogP contribution < -0.4 is 15.4 Å². The molecule has 0 aliphatic carbocycles. The van der Waals surface area contributed by atoms with Crippen LogP contribution in [-0.2, 0) is 13.0 Å². The Kier molecular flexibility index (Phi) is 6.04. The molecule has 0 saturated carbocycles. The fourth-order valence-electron chi connectivity index (χ4n) is 2.59. The molecular weight excluding hydrogens is 324 g/mol.